The fourth-order valence-electron chi connectivity index (χ4n) is 4.59. The van der Waals surface area contributed by atoms with Crippen molar-refractivity contribution in [3.05, 3.63) is 90.0 Å². The summed E-state index contributed by atoms with van der Waals surface area (Å²) in [5.41, 5.74) is 2.67. The molecule has 2 atom stereocenters. The quantitative estimate of drug-likeness (QED) is 0.340. The van der Waals surface area contributed by atoms with Crippen molar-refractivity contribution in [1.82, 2.24) is 9.80 Å². The number of fused-ring (bicyclic) bond motifs is 1. The molecule has 9 heteroatoms. The Morgan fingerprint density at radius 3 is 2.30 bits per heavy atom. The number of anilines is 1. The van der Waals surface area contributed by atoms with Gasteiger partial charge in [-0.15, -0.1) is 11.8 Å². The van der Waals surface area contributed by atoms with Gasteiger partial charge in [-0.2, -0.15) is 0 Å². The Morgan fingerprint density at radius 1 is 0.950 bits per heavy atom. The van der Waals surface area contributed by atoms with E-state index in [1.54, 1.807) is 24.0 Å². The normalized spacial score (nSPS) is 16.7. The van der Waals surface area contributed by atoms with E-state index < -0.39 is 17.3 Å². The molecule has 2 amide bonds. The third-order valence-electron chi connectivity index (χ3n) is 6.73. The van der Waals surface area contributed by atoms with E-state index in [0.29, 0.717) is 25.4 Å². The second-order valence-corrected chi connectivity index (χ2v) is 11.0. The lowest BCUT2D eigenvalue weighted by Crippen LogP contribution is -2.46. The minimum absolute atomic E-state index is 0.0122. The van der Waals surface area contributed by atoms with E-state index in [-0.39, 0.29) is 18.4 Å². The number of carbonyl (C=O) groups is 3. The van der Waals surface area contributed by atoms with E-state index in [9.17, 15) is 14.4 Å². The van der Waals surface area contributed by atoms with Gasteiger partial charge in [-0.05, 0) is 42.4 Å². The molecular weight excluding hydrogens is 526 g/mol. The lowest BCUT2D eigenvalue weighted by atomic mass is 10.1. The predicted octanol–water partition coefficient (Wildman–Crippen LogP) is 4.40. The van der Waals surface area contributed by atoms with Crippen LogP contribution in [0.2, 0.25) is 0 Å². The van der Waals surface area contributed by atoms with Gasteiger partial charge >= 0.3 is 5.97 Å². The van der Waals surface area contributed by atoms with Crippen LogP contribution in [-0.2, 0) is 25.7 Å². The van der Waals surface area contributed by atoms with Crippen LogP contribution in [-0.4, -0.2) is 74.5 Å². The molecular formula is C31H35N3O5S. The number of para-hydroxylation sites is 1. The highest BCUT2D eigenvalue weighted by Gasteiger charge is 2.40. The Hall–Kier alpha value is -3.82. The zero-order valence-corrected chi connectivity index (χ0v) is 24.1. The molecule has 0 radical (unpaired) electrons. The average molecular weight is 562 g/mol. The topological polar surface area (TPSA) is 79.4 Å². The summed E-state index contributed by atoms with van der Waals surface area (Å²) in [7, 11) is 5.25. The van der Waals surface area contributed by atoms with Crippen molar-refractivity contribution < 1.29 is 23.9 Å². The first-order chi connectivity index (χ1) is 19.3. The van der Waals surface area contributed by atoms with Crippen molar-refractivity contribution >= 4 is 35.2 Å². The SMILES string of the molecule is COc1ccc(C2Sc3ccccc3N(CCN(C)CC(=O)N(C)Cc3ccccc3)C(=O)C2OC(C)=O)cc1. The number of nitrogens with zero attached hydrogens (tertiary/aromatic N) is 3. The first-order valence-corrected chi connectivity index (χ1v) is 14.0. The molecule has 0 spiro atoms. The van der Waals surface area contributed by atoms with E-state index in [1.807, 2.05) is 90.8 Å². The van der Waals surface area contributed by atoms with Crippen molar-refractivity contribution in [3.63, 3.8) is 0 Å². The molecule has 3 aromatic rings. The van der Waals surface area contributed by atoms with E-state index >= 15 is 0 Å². The first kappa shape index (κ1) is 29.2. The molecule has 1 heterocycles. The number of likely N-dealkylation sites (N-methyl/N-ethyl adjacent to an activating group) is 2. The number of amides is 2. The number of rotatable bonds is 10. The Labute approximate surface area is 239 Å². The van der Waals surface area contributed by atoms with Crippen LogP contribution < -0.4 is 9.64 Å². The van der Waals surface area contributed by atoms with Gasteiger partial charge in [-0.1, -0.05) is 54.6 Å². The van der Waals surface area contributed by atoms with Gasteiger partial charge in [0.25, 0.3) is 5.91 Å². The van der Waals surface area contributed by atoms with Gasteiger partial charge in [0.2, 0.25) is 5.91 Å². The average Bonchev–Trinajstić information content (AvgIpc) is 3.06. The van der Waals surface area contributed by atoms with Gasteiger partial charge in [0, 0.05) is 38.5 Å². The van der Waals surface area contributed by atoms with Crippen molar-refractivity contribution in [2.24, 2.45) is 0 Å². The minimum atomic E-state index is -1.02. The summed E-state index contributed by atoms with van der Waals surface area (Å²) < 4.78 is 11.0. The smallest absolute Gasteiger partial charge is 0.303 e. The fourth-order valence-corrected chi connectivity index (χ4v) is 5.90. The molecule has 0 saturated heterocycles. The van der Waals surface area contributed by atoms with E-state index in [1.165, 1.54) is 18.7 Å². The highest BCUT2D eigenvalue weighted by molar-refractivity contribution is 7.99. The van der Waals surface area contributed by atoms with Crippen LogP contribution in [0.4, 0.5) is 5.69 Å². The third-order valence-corrected chi connectivity index (χ3v) is 8.10. The Kier molecular flexibility index (Phi) is 9.84. The molecule has 0 aliphatic carbocycles. The van der Waals surface area contributed by atoms with Gasteiger partial charge in [0.15, 0.2) is 6.10 Å². The molecule has 210 valence electrons. The maximum Gasteiger partial charge on any atom is 0.303 e. The molecule has 8 nitrogen and oxygen atoms in total. The molecule has 1 aliphatic heterocycles. The number of ether oxygens (including phenoxy) is 2. The Bertz CT molecular complexity index is 1320. The molecule has 0 fully saturated rings. The van der Waals surface area contributed by atoms with Gasteiger partial charge < -0.3 is 19.3 Å². The van der Waals surface area contributed by atoms with Crippen LogP contribution in [0, 0.1) is 0 Å². The Balaban J connectivity index is 1.51. The molecule has 4 rings (SSSR count). The van der Waals surface area contributed by atoms with Crippen LogP contribution >= 0.6 is 11.8 Å². The number of hydrogen-bond acceptors (Lipinski definition) is 7. The summed E-state index contributed by atoms with van der Waals surface area (Å²) in [4.78, 5) is 45.2. The van der Waals surface area contributed by atoms with Crippen molar-refractivity contribution in [2.45, 2.75) is 29.7 Å². The molecule has 0 N–H and O–H groups in total. The van der Waals surface area contributed by atoms with Gasteiger partial charge in [0.1, 0.15) is 5.75 Å². The van der Waals surface area contributed by atoms with Crippen LogP contribution in [0.3, 0.4) is 0 Å². The number of benzene rings is 3. The molecule has 1 aliphatic rings. The standard InChI is InChI=1S/C31H35N3O5S/c1-22(35)39-29-30(24-14-16-25(38-4)17-15-24)40-27-13-9-8-12-26(27)34(31(29)37)19-18-32(2)21-28(36)33(3)20-23-10-6-5-7-11-23/h5-17,29-30H,18-21H2,1-4H3. The summed E-state index contributed by atoms with van der Waals surface area (Å²) in [5, 5.41) is -0.445. The van der Waals surface area contributed by atoms with E-state index in [0.717, 1.165) is 21.7 Å². The second-order valence-electron chi connectivity index (χ2n) is 9.77. The van der Waals surface area contributed by atoms with E-state index in [4.69, 9.17) is 9.47 Å². The monoisotopic (exact) mass is 561 g/mol. The maximum atomic E-state index is 14.0. The summed E-state index contributed by atoms with van der Waals surface area (Å²) in [6, 6.07) is 25.0. The zero-order valence-electron chi connectivity index (χ0n) is 23.3. The highest BCUT2D eigenvalue weighted by atomic mass is 32.2. The number of hydrogen-bond donors (Lipinski definition) is 0. The summed E-state index contributed by atoms with van der Waals surface area (Å²) in [5.74, 6) is -0.129. The minimum Gasteiger partial charge on any atom is -0.497 e. The van der Waals surface area contributed by atoms with Crippen LogP contribution in [0.5, 0.6) is 5.75 Å². The fraction of sp³-hybridized carbons (Fsp3) is 0.323. The molecule has 0 bridgehead atoms. The lowest BCUT2D eigenvalue weighted by molar-refractivity contribution is -0.152. The summed E-state index contributed by atoms with van der Waals surface area (Å²) >= 11 is 1.50. The number of thioether (sulfide) groups is 1. The van der Waals surface area contributed by atoms with Crippen LogP contribution in [0.1, 0.15) is 23.3 Å². The molecule has 0 saturated carbocycles. The molecule has 3 aromatic carbocycles. The predicted molar refractivity (Wildman–Crippen MR) is 156 cm³/mol. The van der Waals surface area contributed by atoms with Gasteiger partial charge in [-0.3, -0.25) is 19.3 Å². The van der Waals surface area contributed by atoms with E-state index in [2.05, 4.69) is 0 Å². The highest BCUT2D eigenvalue weighted by Crippen LogP contribution is 2.46. The number of methoxy groups -OCH3 is 1. The molecule has 0 aromatic heterocycles. The van der Waals surface area contributed by atoms with Crippen molar-refractivity contribution in [1.29, 1.82) is 0 Å². The lowest BCUT2D eigenvalue weighted by Gasteiger charge is -2.29. The largest absolute Gasteiger partial charge is 0.497 e. The van der Waals surface area contributed by atoms with Crippen molar-refractivity contribution in [3.8, 4) is 5.75 Å². The zero-order chi connectivity index (χ0) is 28.6. The van der Waals surface area contributed by atoms with Gasteiger partial charge in [-0.25, -0.2) is 0 Å². The van der Waals surface area contributed by atoms with Gasteiger partial charge in [0.05, 0.1) is 24.6 Å². The van der Waals surface area contributed by atoms with Crippen molar-refractivity contribution in [2.75, 3.05) is 45.7 Å². The summed E-state index contributed by atoms with van der Waals surface area (Å²) in [6.07, 6.45) is -1.02. The number of esters is 1. The molecule has 40 heavy (non-hydrogen) atoms. The Morgan fingerprint density at radius 2 is 1.62 bits per heavy atom. The van der Waals surface area contributed by atoms with Crippen LogP contribution in [0.25, 0.3) is 0 Å². The first-order valence-electron chi connectivity index (χ1n) is 13.1. The van der Waals surface area contributed by atoms with Crippen LogP contribution in [0.15, 0.2) is 83.8 Å². The third kappa shape index (κ3) is 7.22. The maximum absolute atomic E-state index is 14.0. The molecule has 2 unspecified atom stereocenters. The second kappa shape index (κ2) is 13.5. The summed E-state index contributed by atoms with van der Waals surface area (Å²) in [6.45, 7) is 2.84. The number of carbonyl (C=O) groups excluding carboxylic acids is 3.